The molecule has 3 heteroatoms. The van der Waals surface area contributed by atoms with Gasteiger partial charge in [0.05, 0.1) is 6.26 Å². The lowest BCUT2D eigenvalue weighted by Gasteiger charge is -2.26. The van der Waals surface area contributed by atoms with Crippen LogP contribution in [0.25, 0.3) is 11.0 Å². The molecule has 1 N–H and O–H groups in total. The molecule has 1 heterocycles. The van der Waals surface area contributed by atoms with Gasteiger partial charge in [-0.2, -0.15) is 0 Å². The minimum atomic E-state index is -0.209. The summed E-state index contributed by atoms with van der Waals surface area (Å²) in [7, 11) is 0. The van der Waals surface area contributed by atoms with E-state index in [-0.39, 0.29) is 5.82 Å². The average Bonchev–Trinajstić information content (AvgIpc) is 2.59. The van der Waals surface area contributed by atoms with E-state index in [2.05, 4.69) is 5.32 Å². The summed E-state index contributed by atoms with van der Waals surface area (Å²) in [5.74, 6) is -0.209. The molecule has 0 atom stereocenters. The van der Waals surface area contributed by atoms with E-state index in [4.69, 9.17) is 4.42 Å². The third kappa shape index (κ3) is 1.71. The monoisotopic (exact) mass is 219 g/mol. The predicted molar refractivity (Wildman–Crippen MR) is 60.7 cm³/mol. The molecule has 84 valence electrons. The van der Waals surface area contributed by atoms with Crippen LogP contribution in [-0.4, -0.2) is 6.04 Å². The Hall–Kier alpha value is -1.35. The smallest absolute Gasteiger partial charge is 0.134 e. The maximum absolute atomic E-state index is 13.1. The normalized spacial score (nSPS) is 16.6. The molecule has 0 radical (unpaired) electrons. The van der Waals surface area contributed by atoms with Crippen LogP contribution < -0.4 is 5.32 Å². The lowest BCUT2D eigenvalue weighted by molar-refractivity contribution is 0.338. The van der Waals surface area contributed by atoms with Crippen molar-refractivity contribution in [1.82, 2.24) is 5.32 Å². The minimum Gasteiger partial charge on any atom is -0.464 e. The molecular weight excluding hydrogens is 205 g/mol. The zero-order valence-electron chi connectivity index (χ0n) is 9.00. The van der Waals surface area contributed by atoms with E-state index < -0.39 is 0 Å². The molecule has 1 aromatic heterocycles. The Morgan fingerprint density at radius 2 is 2.25 bits per heavy atom. The van der Waals surface area contributed by atoms with Crippen LogP contribution in [0.15, 0.2) is 28.9 Å². The fraction of sp³-hybridized carbons (Fsp3) is 0.385. The third-order valence-corrected chi connectivity index (χ3v) is 3.30. The van der Waals surface area contributed by atoms with E-state index in [1.54, 1.807) is 12.3 Å². The number of rotatable bonds is 3. The highest BCUT2D eigenvalue weighted by Crippen LogP contribution is 2.23. The van der Waals surface area contributed by atoms with E-state index in [9.17, 15) is 4.39 Å². The zero-order chi connectivity index (χ0) is 11.0. The largest absolute Gasteiger partial charge is 0.464 e. The van der Waals surface area contributed by atoms with Crippen LogP contribution in [0.3, 0.4) is 0 Å². The third-order valence-electron chi connectivity index (χ3n) is 3.30. The van der Waals surface area contributed by atoms with Gasteiger partial charge in [-0.25, -0.2) is 4.39 Å². The summed E-state index contributed by atoms with van der Waals surface area (Å²) in [4.78, 5) is 0. The molecule has 2 aromatic rings. The van der Waals surface area contributed by atoms with Gasteiger partial charge >= 0.3 is 0 Å². The molecule has 1 aliphatic carbocycles. The number of nitrogens with one attached hydrogen (secondary N) is 1. The van der Waals surface area contributed by atoms with Crippen LogP contribution >= 0.6 is 0 Å². The van der Waals surface area contributed by atoms with E-state index in [1.807, 2.05) is 0 Å². The van der Waals surface area contributed by atoms with Crippen molar-refractivity contribution in [3.05, 3.63) is 35.8 Å². The van der Waals surface area contributed by atoms with Crippen molar-refractivity contribution >= 4 is 11.0 Å². The van der Waals surface area contributed by atoms with Crippen molar-refractivity contribution in [2.24, 2.45) is 0 Å². The van der Waals surface area contributed by atoms with Gasteiger partial charge in [0.1, 0.15) is 11.4 Å². The van der Waals surface area contributed by atoms with E-state index >= 15 is 0 Å². The molecule has 0 unspecified atom stereocenters. The maximum Gasteiger partial charge on any atom is 0.134 e. The molecular formula is C13H14FNO. The first-order valence-corrected chi connectivity index (χ1v) is 5.72. The van der Waals surface area contributed by atoms with Gasteiger partial charge in [-0.3, -0.25) is 0 Å². The van der Waals surface area contributed by atoms with Crippen LogP contribution in [0, 0.1) is 5.82 Å². The molecule has 1 saturated carbocycles. The SMILES string of the molecule is Fc1ccc2occ(CNC3CCC3)c2c1. The highest BCUT2D eigenvalue weighted by molar-refractivity contribution is 5.80. The summed E-state index contributed by atoms with van der Waals surface area (Å²) < 4.78 is 18.5. The molecule has 0 amide bonds. The van der Waals surface area contributed by atoms with Crippen LogP contribution in [0.4, 0.5) is 4.39 Å². The predicted octanol–water partition coefficient (Wildman–Crippen LogP) is 3.21. The quantitative estimate of drug-likeness (QED) is 0.857. The molecule has 0 spiro atoms. The molecule has 0 aliphatic heterocycles. The number of furan rings is 1. The Balaban J connectivity index is 1.82. The summed E-state index contributed by atoms with van der Waals surface area (Å²) in [6.07, 6.45) is 5.54. The molecule has 1 aliphatic rings. The Labute approximate surface area is 93.4 Å². The van der Waals surface area contributed by atoms with E-state index in [0.717, 1.165) is 23.1 Å². The number of halogens is 1. The van der Waals surface area contributed by atoms with Crippen molar-refractivity contribution in [2.75, 3.05) is 0 Å². The Morgan fingerprint density at radius 1 is 1.38 bits per heavy atom. The number of fused-ring (bicyclic) bond motifs is 1. The Bertz CT molecular complexity index is 502. The van der Waals surface area contributed by atoms with Crippen LogP contribution in [-0.2, 0) is 6.54 Å². The number of benzene rings is 1. The second-order valence-corrected chi connectivity index (χ2v) is 4.41. The van der Waals surface area contributed by atoms with Gasteiger partial charge in [-0.1, -0.05) is 6.42 Å². The van der Waals surface area contributed by atoms with Crippen LogP contribution in [0.1, 0.15) is 24.8 Å². The molecule has 0 saturated heterocycles. The molecule has 16 heavy (non-hydrogen) atoms. The molecule has 1 fully saturated rings. The summed E-state index contributed by atoms with van der Waals surface area (Å²) in [5.41, 5.74) is 1.80. The van der Waals surface area contributed by atoms with Crippen LogP contribution in [0.2, 0.25) is 0 Å². The van der Waals surface area contributed by atoms with Crippen molar-refractivity contribution in [3.63, 3.8) is 0 Å². The first-order valence-electron chi connectivity index (χ1n) is 5.72. The van der Waals surface area contributed by atoms with Crippen LogP contribution in [0.5, 0.6) is 0 Å². The standard InChI is InChI=1S/C13H14FNO/c14-10-4-5-13-12(6-10)9(8-16-13)7-15-11-2-1-3-11/h4-6,8,11,15H,1-3,7H2. The summed E-state index contributed by atoms with van der Waals surface area (Å²) in [6, 6.07) is 5.28. The van der Waals surface area contributed by atoms with Gasteiger partial charge in [-0.05, 0) is 31.0 Å². The Kier molecular flexibility index (Phi) is 2.40. The fourth-order valence-corrected chi connectivity index (χ4v) is 2.06. The summed E-state index contributed by atoms with van der Waals surface area (Å²) in [5, 5.41) is 4.33. The lowest BCUT2D eigenvalue weighted by atomic mass is 9.93. The van der Waals surface area contributed by atoms with Gasteiger partial charge in [0.25, 0.3) is 0 Å². The Morgan fingerprint density at radius 3 is 3.00 bits per heavy atom. The second kappa shape index (κ2) is 3.91. The van der Waals surface area contributed by atoms with Crippen molar-refractivity contribution in [3.8, 4) is 0 Å². The first-order chi connectivity index (χ1) is 7.83. The highest BCUT2D eigenvalue weighted by Gasteiger charge is 2.17. The summed E-state index contributed by atoms with van der Waals surface area (Å²) >= 11 is 0. The average molecular weight is 219 g/mol. The molecule has 2 nitrogen and oxygen atoms in total. The highest BCUT2D eigenvalue weighted by atomic mass is 19.1. The minimum absolute atomic E-state index is 0.209. The molecule has 0 bridgehead atoms. The van der Waals surface area contributed by atoms with Gasteiger partial charge < -0.3 is 9.73 Å². The zero-order valence-corrected chi connectivity index (χ0v) is 9.00. The van der Waals surface area contributed by atoms with E-state index in [1.165, 1.54) is 31.4 Å². The van der Waals surface area contributed by atoms with Crippen molar-refractivity contribution < 1.29 is 8.81 Å². The van der Waals surface area contributed by atoms with Gasteiger partial charge in [0.15, 0.2) is 0 Å². The van der Waals surface area contributed by atoms with Crippen molar-refractivity contribution in [1.29, 1.82) is 0 Å². The lowest BCUT2D eigenvalue weighted by Crippen LogP contribution is -2.34. The second-order valence-electron chi connectivity index (χ2n) is 4.41. The molecule has 1 aromatic carbocycles. The summed E-state index contributed by atoms with van der Waals surface area (Å²) in [6.45, 7) is 0.765. The maximum atomic E-state index is 13.1. The topological polar surface area (TPSA) is 25.2 Å². The first kappa shape index (κ1) is 9.85. The fourth-order valence-electron chi connectivity index (χ4n) is 2.06. The number of hydrogen-bond acceptors (Lipinski definition) is 2. The van der Waals surface area contributed by atoms with Gasteiger partial charge in [0.2, 0.25) is 0 Å². The van der Waals surface area contributed by atoms with Crippen molar-refractivity contribution in [2.45, 2.75) is 31.8 Å². The molecule has 3 rings (SSSR count). The number of hydrogen-bond donors (Lipinski definition) is 1. The van der Waals surface area contributed by atoms with Gasteiger partial charge in [-0.15, -0.1) is 0 Å². The van der Waals surface area contributed by atoms with Gasteiger partial charge in [0, 0.05) is 23.5 Å². The van der Waals surface area contributed by atoms with E-state index in [0.29, 0.717) is 6.04 Å².